The molecular formula is C14H26N4O2S. The van der Waals surface area contributed by atoms with Crippen molar-refractivity contribution < 1.29 is 8.42 Å². The highest BCUT2D eigenvalue weighted by atomic mass is 32.2. The summed E-state index contributed by atoms with van der Waals surface area (Å²) in [6.45, 7) is 6.97. The number of sulfone groups is 1. The monoisotopic (exact) mass is 314 g/mol. The number of imidazole rings is 1. The Balaban J connectivity index is 1.78. The molecule has 0 saturated carbocycles. The molecule has 0 aliphatic carbocycles. The molecule has 1 saturated heterocycles. The molecule has 21 heavy (non-hydrogen) atoms. The van der Waals surface area contributed by atoms with E-state index in [1.54, 1.807) is 0 Å². The Bertz CT molecular complexity index is 555. The molecule has 1 aliphatic rings. The van der Waals surface area contributed by atoms with Gasteiger partial charge in [0.2, 0.25) is 0 Å². The molecule has 1 aromatic heterocycles. The summed E-state index contributed by atoms with van der Waals surface area (Å²) < 4.78 is 24.4. The van der Waals surface area contributed by atoms with Gasteiger partial charge in [-0.15, -0.1) is 0 Å². The van der Waals surface area contributed by atoms with Crippen molar-refractivity contribution in [2.45, 2.75) is 25.9 Å². The Morgan fingerprint density at radius 2 is 2.14 bits per heavy atom. The second-order valence-electron chi connectivity index (χ2n) is 6.06. The summed E-state index contributed by atoms with van der Waals surface area (Å²) in [4.78, 5) is 9.19. The summed E-state index contributed by atoms with van der Waals surface area (Å²) in [5, 5.41) is 0. The first kappa shape index (κ1) is 16.5. The van der Waals surface area contributed by atoms with Crippen molar-refractivity contribution in [3.05, 3.63) is 18.2 Å². The average molecular weight is 314 g/mol. The zero-order valence-corrected chi connectivity index (χ0v) is 14.0. The van der Waals surface area contributed by atoms with Crippen LogP contribution in [0.3, 0.4) is 0 Å². The van der Waals surface area contributed by atoms with Crippen molar-refractivity contribution in [2.75, 3.05) is 38.2 Å². The van der Waals surface area contributed by atoms with Crippen molar-refractivity contribution in [2.24, 2.45) is 7.05 Å². The predicted molar refractivity (Wildman–Crippen MR) is 83.8 cm³/mol. The minimum absolute atomic E-state index is 0.287. The number of aryl methyl sites for hydroxylation is 1. The Hall–Kier alpha value is -0.920. The van der Waals surface area contributed by atoms with Crippen LogP contribution in [0, 0.1) is 0 Å². The normalized spacial score (nSPS) is 21.8. The van der Waals surface area contributed by atoms with Gasteiger partial charge in [-0.1, -0.05) is 0 Å². The van der Waals surface area contributed by atoms with Crippen LogP contribution >= 0.6 is 0 Å². The lowest BCUT2D eigenvalue weighted by Gasteiger charge is -2.39. The second kappa shape index (κ2) is 6.89. The number of nitrogens with zero attached hydrogens (tertiary/aromatic N) is 4. The van der Waals surface area contributed by atoms with Gasteiger partial charge in [-0.3, -0.25) is 4.90 Å². The third-order valence-electron chi connectivity index (χ3n) is 4.10. The largest absolute Gasteiger partial charge is 0.337 e. The number of rotatable bonds is 6. The quantitative estimate of drug-likeness (QED) is 0.759. The zero-order valence-electron chi connectivity index (χ0n) is 13.2. The third kappa shape index (κ3) is 5.09. The van der Waals surface area contributed by atoms with Crippen LogP contribution in [0.5, 0.6) is 0 Å². The van der Waals surface area contributed by atoms with Crippen molar-refractivity contribution in [3.63, 3.8) is 0 Å². The van der Waals surface area contributed by atoms with Crippen LogP contribution in [0.4, 0.5) is 0 Å². The lowest BCUT2D eigenvalue weighted by Crippen LogP contribution is -2.51. The van der Waals surface area contributed by atoms with Gasteiger partial charge in [0.05, 0.1) is 12.3 Å². The van der Waals surface area contributed by atoms with E-state index in [1.165, 1.54) is 6.26 Å². The minimum atomic E-state index is -2.84. The maximum absolute atomic E-state index is 11.2. The smallest absolute Gasteiger partial charge is 0.147 e. The molecule has 1 atom stereocenters. The molecule has 0 unspecified atom stereocenters. The van der Waals surface area contributed by atoms with E-state index >= 15 is 0 Å². The van der Waals surface area contributed by atoms with E-state index in [0.717, 1.165) is 45.0 Å². The zero-order chi connectivity index (χ0) is 15.5. The SMILES string of the molecule is C[C@H]1CN(CCCS(C)(=O)=O)CCN1Cc1nccn1C. The lowest BCUT2D eigenvalue weighted by atomic mass is 10.2. The topological polar surface area (TPSA) is 58.4 Å². The van der Waals surface area contributed by atoms with Gasteiger partial charge in [0, 0.05) is 51.4 Å². The van der Waals surface area contributed by atoms with E-state index < -0.39 is 9.84 Å². The molecule has 0 radical (unpaired) electrons. The third-order valence-corrected chi connectivity index (χ3v) is 5.13. The molecule has 0 spiro atoms. The minimum Gasteiger partial charge on any atom is -0.337 e. The van der Waals surface area contributed by atoms with E-state index in [1.807, 2.05) is 19.4 Å². The lowest BCUT2D eigenvalue weighted by molar-refractivity contribution is 0.0753. The van der Waals surface area contributed by atoms with Crippen LogP contribution in [0.15, 0.2) is 12.4 Å². The van der Waals surface area contributed by atoms with Crippen molar-refractivity contribution in [3.8, 4) is 0 Å². The fourth-order valence-electron chi connectivity index (χ4n) is 2.79. The second-order valence-corrected chi connectivity index (χ2v) is 8.32. The maximum atomic E-state index is 11.2. The van der Waals surface area contributed by atoms with E-state index in [0.29, 0.717) is 6.04 Å². The first-order valence-corrected chi connectivity index (χ1v) is 9.51. The summed E-state index contributed by atoms with van der Waals surface area (Å²) in [7, 11) is -0.814. The molecule has 2 heterocycles. The fraction of sp³-hybridized carbons (Fsp3) is 0.786. The van der Waals surface area contributed by atoms with E-state index in [4.69, 9.17) is 0 Å². The Morgan fingerprint density at radius 3 is 2.71 bits per heavy atom. The van der Waals surface area contributed by atoms with Crippen LogP contribution in [0.25, 0.3) is 0 Å². The van der Waals surface area contributed by atoms with E-state index in [2.05, 4.69) is 26.3 Å². The molecule has 1 fully saturated rings. The molecule has 6 nitrogen and oxygen atoms in total. The summed E-state index contributed by atoms with van der Waals surface area (Å²) in [6, 6.07) is 0.466. The van der Waals surface area contributed by atoms with Gasteiger partial charge in [-0.25, -0.2) is 13.4 Å². The molecule has 1 aliphatic heterocycles. The Labute approximate surface area is 127 Å². The van der Waals surface area contributed by atoms with Gasteiger partial charge in [-0.05, 0) is 19.9 Å². The summed E-state index contributed by atoms with van der Waals surface area (Å²) in [6.07, 6.45) is 5.84. The molecule has 1 aromatic rings. The first-order valence-electron chi connectivity index (χ1n) is 7.45. The summed E-state index contributed by atoms with van der Waals surface area (Å²) in [5.74, 6) is 1.38. The molecule has 0 aromatic carbocycles. The summed E-state index contributed by atoms with van der Waals surface area (Å²) >= 11 is 0. The van der Waals surface area contributed by atoms with Crippen LogP contribution < -0.4 is 0 Å². The number of aromatic nitrogens is 2. The van der Waals surface area contributed by atoms with Gasteiger partial charge in [0.15, 0.2) is 0 Å². The van der Waals surface area contributed by atoms with Crippen molar-refractivity contribution in [1.29, 1.82) is 0 Å². The molecular weight excluding hydrogens is 288 g/mol. The highest BCUT2D eigenvalue weighted by Crippen LogP contribution is 2.13. The highest BCUT2D eigenvalue weighted by Gasteiger charge is 2.24. The Kier molecular flexibility index (Phi) is 5.40. The van der Waals surface area contributed by atoms with Gasteiger partial charge >= 0.3 is 0 Å². The first-order chi connectivity index (χ1) is 9.85. The van der Waals surface area contributed by atoms with Crippen molar-refractivity contribution >= 4 is 9.84 Å². The van der Waals surface area contributed by atoms with Gasteiger partial charge < -0.3 is 9.47 Å². The van der Waals surface area contributed by atoms with Gasteiger partial charge in [-0.2, -0.15) is 0 Å². The number of hydrogen-bond donors (Lipinski definition) is 0. The fourth-order valence-corrected chi connectivity index (χ4v) is 3.44. The van der Waals surface area contributed by atoms with Crippen LogP contribution in [-0.4, -0.2) is 72.0 Å². The van der Waals surface area contributed by atoms with Gasteiger partial charge in [0.25, 0.3) is 0 Å². The van der Waals surface area contributed by atoms with Gasteiger partial charge in [0.1, 0.15) is 15.7 Å². The molecule has 7 heteroatoms. The summed E-state index contributed by atoms with van der Waals surface area (Å²) in [5.41, 5.74) is 0. The predicted octanol–water partition coefficient (Wildman–Crippen LogP) is 0.361. The molecule has 0 N–H and O–H groups in total. The average Bonchev–Trinajstić information content (AvgIpc) is 2.77. The highest BCUT2D eigenvalue weighted by molar-refractivity contribution is 7.90. The molecule has 2 rings (SSSR count). The number of piperazine rings is 1. The Morgan fingerprint density at radius 1 is 1.38 bits per heavy atom. The van der Waals surface area contributed by atoms with Crippen LogP contribution in [0.2, 0.25) is 0 Å². The molecule has 120 valence electrons. The van der Waals surface area contributed by atoms with Crippen LogP contribution in [0.1, 0.15) is 19.2 Å². The number of hydrogen-bond acceptors (Lipinski definition) is 5. The molecule has 0 amide bonds. The van der Waals surface area contributed by atoms with Crippen molar-refractivity contribution in [1.82, 2.24) is 19.4 Å². The molecule has 0 bridgehead atoms. The van der Waals surface area contributed by atoms with E-state index in [9.17, 15) is 8.42 Å². The van der Waals surface area contributed by atoms with E-state index in [-0.39, 0.29) is 5.75 Å². The maximum Gasteiger partial charge on any atom is 0.147 e. The van der Waals surface area contributed by atoms with Crippen LogP contribution in [-0.2, 0) is 23.4 Å². The standard InChI is InChI=1S/C14H26N4O2S/c1-13-11-17(6-4-10-21(3,19)20)8-9-18(13)12-14-15-5-7-16(14)2/h5,7,13H,4,6,8-12H2,1-3H3/t13-/m0/s1.